The molecule has 0 aromatic carbocycles. The molecule has 0 bridgehead atoms. The van der Waals surface area contributed by atoms with Crippen molar-refractivity contribution in [2.75, 3.05) is 0 Å². The third-order valence-corrected chi connectivity index (χ3v) is 2.83. The van der Waals surface area contributed by atoms with E-state index in [-0.39, 0.29) is 0 Å². The Labute approximate surface area is 94.6 Å². The molecule has 0 spiro atoms. The first-order valence-corrected chi connectivity index (χ1v) is 5.48. The van der Waals surface area contributed by atoms with Gasteiger partial charge < -0.3 is 4.52 Å². The van der Waals surface area contributed by atoms with Crippen molar-refractivity contribution in [1.29, 1.82) is 0 Å². The zero-order valence-electron chi connectivity index (χ0n) is 8.15. The third kappa shape index (κ3) is 1.72. The minimum Gasteiger partial charge on any atom is -0.333 e. The van der Waals surface area contributed by atoms with E-state index in [1.165, 1.54) is 6.33 Å². The van der Waals surface area contributed by atoms with Gasteiger partial charge >= 0.3 is 0 Å². The molecule has 3 aromatic rings. The molecule has 0 atom stereocenters. The molecule has 16 heavy (non-hydrogen) atoms. The summed E-state index contributed by atoms with van der Waals surface area (Å²) in [7, 11) is 0. The zero-order valence-corrected chi connectivity index (χ0v) is 8.96. The molecule has 80 valence electrons. The van der Waals surface area contributed by atoms with Crippen LogP contribution in [0.15, 0.2) is 34.7 Å². The molecule has 0 aliphatic heterocycles. The normalized spacial score (nSPS) is 10.8. The van der Waals surface area contributed by atoms with E-state index in [9.17, 15) is 0 Å². The van der Waals surface area contributed by atoms with Gasteiger partial charge in [-0.2, -0.15) is 10.1 Å². The van der Waals surface area contributed by atoms with Crippen LogP contribution in [0.2, 0.25) is 0 Å². The molecule has 0 N–H and O–H groups in total. The van der Waals surface area contributed by atoms with Crippen LogP contribution in [0.5, 0.6) is 0 Å². The fourth-order valence-corrected chi connectivity index (χ4v) is 1.92. The molecule has 0 saturated heterocycles. The molecule has 6 nitrogen and oxygen atoms in total. The Morgan fingerprint density at radius 3 is 3.19 bits per heavy atom. The topological polar surface area (TPSA) is 69.6 Å². The molecular weight excluding hydrogens is 226 g/mol. The second-order valence-corrected chi connectivity index (χ2v) is 4.03. The first-order valence-electron chi connectivity index (χ1n) is 4.61. The lowest BCUT2D eigenvalue weighted by atomic mass is 10.5. The Kier molecular flexibility index (Phi) is 2.22. The lowest BCUT2D eigenvalue weighted by Crippen LogP contribution is -2.01. The fraction of sp³-hybridized carbons (Fsp3) is 0.111. The summed E-state index contributed by atoms with van der Waals surface area (Å²) in [6.07, 6.45) is 3.08. The van der Waals surface area contributed by atoms with Gasteiger partial charge in [-0.1, -0.05) is 11.2 Å². The smallest absolute Gasteiger partial charge is 0.268 e. The number of hydrogen-bond donors (Lipinski definition) is 0. The monoisotopic (exact) mass is 233 g/mol. The molecule has 0 fully saturated rings. The average Bonchev–Trinajstić information content (AvgIpc) is 2.99. The lowest BCUT2D eigenvalue weighted by molar-refractivity contribution is 0.419. The van der Waals surface area contributed by atoms with Crippen LogP contribution in [0, 0.1) is 0 Å². The Bertz CT molecular complexity index is 557. The van der Waals surface area contributed by atoms with Gasteiger partial charge in [0.1, 0.15) is 19.2 Å². The zero-order chi connectivity index (χ0) is 10.8. The van der Waals surface area contributed by atoms with E-state index < -0.39 is 0 Å². The van der Waals surface area contributed by atoms with Gasteiger partial charge in [0, 0.05) is 0 Å². The third-order valence-electron chi connectivity index (χ3n) is 1.97. The van der Waals surface area contributed by atoms with Crippen molar-refractivity contribution < 1.29 is 4.52 Å². The van der Waals surface area contributed by atoms with Crippen molar-refractivity contribution in [3.05, 3.63) is 36.0 Å². The Morgan fingerprint density at radius 2 is 2.44 bits per heavy atom. The van der Waals surface area contributed by atoms with E-state index in [1.807, 2.05) is 17.5 Å². The molecule has 3 aromatic heterocycles. The first kappa shape index (κ1) is 9.22. The van der Waals surface area contributed by atoms with Crippen molar-refractivity contribution in [1.82, 2.24) is 24.9 Å². The minimum absolute atomic E-state index is 0.467. The van der Waals surface area contributed by atoms with E-state index in [0.29, 0.717) is 18.3 Å². The number of aromatic nitrogens is 5. The van der Waals surface area contributed by atoms with Crippen LogP contribution in [0.4, 0.5) is 0 Å². The second-order valence-electron chi connectivity index (χ2n) is 3.09. The van der Waals surface area contributed by atoms with Gasteiger partial charge in [-0.05, 0) is 11.4 Å². The number of thiophene rings is 1. The quantitative estimate of drug-likeness (QED) is 0.684. The minimum atomic E-state index is 0.467. The molecule has 3 rings (SSSR count). The summed E-state index contributed by atoms with van der Waals surface area (Å²) in [5, 5.41) is 9.82. The highest BCUT2D eigenvalue weighted by atomic mass is 32.1. The Hall–Kier alpha value is -2.02. The number of hydrogen-bond acceptors (Lipinski definition) is 6. The van der Waals surface area contributed by atoms with Crippen molar-refractivity contribution in [3.63, 3.8) is 0 Å². The van der Waals surface area contributed by atoms with Crippen molar-refractivity contribution in [3.8, 4) is 10.8 Å². The van der Waals surface area contributed by atoms with E-state index in [1.54, 1.807) is 22.3 Å². The maximum absolute atomic E-state index is 5.15. The summed E-state index contributed by atoms with van der Waals surface area (Å²) >= 11 is 1.57. The van der Waals surface area contributed by atoms with E-state index in [2.05, 4.69) is 20.2 Å². The van der Waals surface area contributed by atoms with Crippen molar-refractivity contribution >= 4 is 11.3 Å². The summed E-state index contributed by atoms with van der Waals surface area (Å²) < 4.78 is 6.79. The number of nitrogens with zero attached hydrogens (tertiary/aromatic N) is 5. The van der Waals surface area contributed by atoms with E-state index in [0.717, 1.165) is 4.88 Å². The van der Waals surface area contributed by atoms with Gasteiger partial charge in [0.05, 0.1) is 4.88 Å². The standard InChI is InChI=1S/C9H7N5OS/c1-2-7(16-3-1)9-12-8(13-15-9)4-14-6-10-5-11-14/h1-3,5-6H,4H2. The van der Waals surface area contributed by atoms with Crippen LogP contribution < -0.4 is 0 Å². The van der Waals surface area contributed by atoms with Crippen LogP contribution >= 0.6 is 11.3 Å². The van der Waals surface area contributed by atoms with Gasteiger partial charge in [-0.25, -0.2) is 9.67 Å². The molecule has 0 amide bonds. The summed E-state index contributed by atoms with van der Waals surface area (Å²) in [4.78, 5) is 9.08. The van der Waals surface area contributed by atoms with E-state index >= 15 is 0 Å². The largest absolute Gasteiger partial charge is 0.333 e. The highest BCUT2D eigenvalue weighted by molar-refractivity contribution is 7.13. The molecule has 0 unspecified atom stereocenters. The van der Waals surface area contributed by atoms with Crippen LogP contribution in [0.3, 0.4) is 0 Å². The second kappa shape index (κ2) is 3.86. The molecule has 0 radical (unpaired) electrons. The maximum atomic E-state index is 5.15. The van der Waals surface area contributed by atoms with Crippen LogP contribution in [0.25, 0.3) is 10.8 Å². The highest BCUT2D eigenvalue weighted by Gasteiger charge is 2.09. The summed E-state index contributed by atoms with van der Waals surface area (Å²) in [6, 6.07) is 3.89. The molecule has 0 saturated carbocycles. The molecule has 0 aliphatic carbocycles. The Morgan fingerprint density at radius 1 is 1.44 bits per heavy atom. The summed E-state index contributed by atoms with van der Waals surface area (Å²) in [5.74, 6) is 1.14. The SMILES string of the molecule is c1csc(-c2nc(Cn3cncn3)no2)c1. The van der Waals surface area contributed by atoms with Crippen LogP contribution in [-0.4, -0.2) is 24.9 Å². The van der Waals surface area contributed by atoms with Gasteiger partial charge in [0.15, 0.2) is 5.82 Å². The summed E-state index contributed by atoms with van der Waals surface area (Å²) in [5.41, 5.74) is 0. The Balaban J connectivity index is 1.83. The van der Waals surface area contributed by atoms with Crippen molar-refractivity contribution in [2.24, 2.45) is 0 Å². The van der Waals surface area contributed by atoms with Gasteiger partial charge in [-0.15, -0.1) is 11.3 Å². The molecule has 0 aliphatic rings. The fourth-order valence-electron chi connectivity index (χ4n) is 1.28. The molecule has 7 heteroatoms. The van der Waals surface area contributed by atoms with Crippen LogP contribution in [-0.2, 0) is 6.54 Å². The maximum Gasteiger partial charge on any atom is 0.268 e. The van der Waals surface area contributed by atoms with Crippen molar-refractivity contribution in [2.45, 2.75) is 6.54 Å². The van der Waals surface area contributed by atoms with Gasteiger partial charge in [-0.3, -0.25) is 0 Å². The number of rotatable bonds is 3. The molecular formula is C9H7N5OS. The van der Waals surface area contributed by atoms with Crippen LogP contribution in [0.1, 0.15) is 5.82 Å². The first-order chi connectivity index (χ1) is 7.92. The highest BCUT2D eigenvalue weighted by Crippen LogP contribution is 2.22. The lowest BCUT2D eigenvalue weighted by Gasteiger charge is -1.91. The van der Waals surface area contributed by atoms with Gasteiger partial charge in [0.25, 0.3) is 5.89 Å². The van der Waals surface area contributed by atoms with E-state index in [4.69, 9.17) is 4.52 Å². The predicted octanol–water partition coefficient (Wildman–Crippen LogP) is 1.44. The average molecular weight is 233 g/mol. The van der Waals surface area contributed by atoms with Gasteiger partial charge in [0.2, 0.25) is 0 Å². The predicted molar refractivity (Wildman–Crippen MR) is 56.7 cm³/mol. The summed E-state index contributed by atoms with van der Waals surface area (Å²) in [6.45, 7) is 0.467. The molecule has 3 heterocycles.